The fourth-order valence-electron chi connectivity index (χ4n) is 4.10. The van der Waals surface area contributed by atoms with E-state index in [1.807, 2.05) is 12.1 Å². The zero-order valence-electron chi connectivity index (χ0n) is 22.1. The quantitative estimate of drug-likeness (QED) is 0.198. The molecule has 40 heavy (non-hydrogen) atoms. The number of aromatic nitrogens is 2. The van der Waals surface area contributed by atoms with Crippen molar-refractivity contribution in [3.05, 3.63) is 82.4 Å². The first-order valence-corrected chi connectivity index (χ1v) is 12.4. The molecule has 1 aromatic heterocycles. The van der Waals surface area contributed by atoms with E-state index in [2.05, 4.69) is 20.6 Å². The molecule has 0 bridgehead atoms. The third-order valence-electron chi connectivity index (χ3n) is 6.20. The number of carbonyl (C=O) groups excluding carboxylic acids is 1. The Bertz CT molecular complexity index is 1520. The number of likely N-dealkylation sites (N-methyl/N-ethyl adjacent to an activating group) is 1. The Hall–Kier alpha value is -3.76. The maximum Gasteiger partial charge on any atom is 0.266 e. The number of hydrogen-bond donors (Lipinski definition) is 2. The number of anilines is 3. The van der Waals surface area contributed by atoms with E-state index < -0.39 is 23.8 Å². The van der Waals surface area contributed by atoms with Crippen LogP contribution in [0.1, 0.15) is 36.1 Å². The molecule has 3 aromatic carbocycles. The number of nitrogens with one attached hydrogen (secondary N) is 2. The van der Waals surface area contributed by atoms with E-state index in [0.29, 0.717) is 28.2 Å². The van der Waals surface area contributed by atoms with E-state index in [1.54, 1.807) is 52.4 Å². The summed E-state index contributed by atoms with van der Waals surface area (Å²) in [5.41, 5.74) is 2.11. The van der Waals surface area contributed by atoms with Crippen LogP contribution in [0.25, 0.3) is 10.9 Å². The maximum atomic E-state index is 14.8. The summed E-state index contributed by atoms with van der Waals surface area (Å²) >= 11 is 6.13. The van der Waals surface area contributed by atoms with Crippen LogP contribution in [0.5, 0.6) is 5.75 Å². The molecule has 0 aliphatic rings. The first-order chi connectivity index (χ1) is 18.6. The third-order valence-corrected chi connectivity index (χ3v) is 6.37. The Labute approximate surface area is 241 Å². The lowest BCUT2D eigenvalue weighted by molar-refractivity contribution is -0.127. The van der Waals surface area contributed by atoms with Crippen LogP contribution in [0.4, 0.5) is 30.4 Å². The van der Waals surface area contributed by atoms with Crippen molar-refractivity contribution in [1.82, 2.24) is 14.9 Å². The number of alkyl halides is 2. The van der Waals surface area contributed by atoms with Gasteiger partial charge in [0.25, 0.3) is 6.43 Å². The van der Waals surface area contributed by atoms with Gasteiger partial charge >= 0.3 is 0 Å². The smallest absolute Gasteiger partial charge is 0.266 e. The van der Waals surface area contributed by atoms with Crippen LogP contribution in [0, 0.1) is 5.82 Å². The summed E-state index contributed by atoms with van der Waals surface area (Å²) in [7, 11) is 4.93. The molecule has 1 heterocycles. The molecule has 0 fully saturated rings. The highest BCUT2D eigenvalue weighted by molar-refractivity contribution is 6.28. The fraction of sp³-hybridized carbons (Fsp3) is 0.250. The molecule has 12 heteroatoms. The van der Waals surface area contributed by atoms with Crippen LogP contribution in [-0.4, -0.2) is 42.0 Å². The summed E-state index contributed by atoms with van der Waals surface area (Å²) < 4.78 is 46.7. The molecule has 4 aromatic rings. The van der Waals surface area contributed by atoms with Gasteiger partial charge in [0.1, 0.15) is 17.4 Å². The molecule has 0 saturated heterocycles. The third kappa shape index (κ3) is 6.86. The molecule has 2 N–H and O–H groups in total. The summed E-state index contributed by atoms with van der Waals surface area (Å²) in [6.07, 6.45) is -2.72. The van der Waals surface area contributed by atoms with Crippen LogP contribution < -0.4 is 15.4 Å². The molecule has 0 saturated carbocycles. The van der Waals surface area contributed by atoms with Gasteiger partial charge in [0, 0.05) is 48.0 Å². The van der Waals surface area contributed by atoms with Crippen molar-refractivity contribution in [3.8, 4) is 5.75 Å². The first kappa shape index (κ1) is 30.8. The number of halogens is 5. The fourth-order valence-corrected chi connectivity index (χ4v) is 4.27. The summed E-state index contributed by atoms with van der Waals surface area (Å²) in [6.45, 7) is 1.65. The van der Waals surface area contributed by atoms with Gasteiger partial charge in [-0.25, -0.2) is 23.1 Å². The molecule has 0 aliphatic heterocycles. The van der Waals surface area contributed by atoms with Crippen molar-refractivity contribution in [2.45, 2.75) is 25.8 Å². The number of fused-ring (bicyclic) bond motifs is 1. The van der Waals surface area contributed by atoms with Crippen molar-refractivity contribution in [2.75, 3.05) is 31.8 Å². The van der Waals surface area contributed by atoms with Gasteiger partial charge in [-0.1, -0.05) is 24.3 Å². The average molecular weight is 594 g/mol. The number of benzene rings is 3. The molecule has 1 amide bonds. The molecule has 0 radical (unpaired) electrons. The Morgan fingerprint density at radius 2 is 1.73 bits per heavy atom. The lowest BCUT2D eigenvalue weighted by Gasteiger charge is -2.19. The Morgan fingerprint density at radius 3 is 2.40 bits per heavy atom. The summed E-state index contributed by atoms with van der Waals surface area (Å²) in [6, 6.07) is 14.0. The molecule has 0 aliphatic carbocycles. The highest BCUT2D eigenvalue weighted by atomic mass is 35.5. The van der Waals surface area contributed by atoms with Gasteiger partial charge in [0.15, 0.2) is 0 Å². The zero-order valence-corrected chi connectivity index (χ0v) is 23.7. The monoisotopic (exact) mass is 593 g/mol. The van der Waals surface area contributed by atoms with Crippen molar-refractivity contribution < 1.29 is 22.7 Å². The van der Waals surface area contributed by atoms with Crippen LogP contribution in [-0.2, 0) is 11.2 Å². The average Bonchev–Trinajstić information content (AvgIpc) is 2.89. The predicted octanol–water partition coefficient (Wildman–Crippen LogP) is 7.34. The minimum Gasteiger partial charge on any atom is -0.496 e. The Morgan fingerprint density at radius 1 is 1.05 bits per heavy atom. The van der Waals surface area contributed by atoms with Crippen LogP contribution in [0.15, 0.2) is 54.6 Å². The summed E-state index contributed by atoms with van der Waals surface area (Å²) in [4.78, 5) is 22.2. The summed E-state index contributed by atoms with van der Waals surface area (Å²) in [5.74, 6) is -0.130. The van der Waals surface area contributed by atoms with Gasteiger partial charge in [0.2, 0.25) is 11.2 Å². The Kier molecular flexibility index (Phi) is 10.1. The lowest BCUT2D eigenvalue weighted by atomic mass is 10.0. The second-order valence-electron chi connectivity index (χ2n) is 9.11. The van der Waals surface area contributed by atoms with E-state index in [-0.39, 0.29) is 35.6 Å². The number of ether oxygens (including phenoxy) is 1. The standard InChI is InChI=1S/C28H27ClF3N5O2.ClH/c1-15(19-6-5-7-20(25(19)30)26(31)32)33-27-21-13-17(10-11-22(21)35-28(29)36-27)34-18-9-8-16(23(14-18)39-4)12-24(38)37(2)3;/h5-11,13-15,26,34H,12H2,1-4H3,(H,33,35,36);1H/t15-;/m1./s1. The second-order valence-corrected chi connectivity index (χ2v) is 9.44. The number of hydrogen-bond acceptors (Lipinski definition) is 6. The van der Waals surface area contributed by atoms with Crippen molar-refractivity contribution >= 4 is 58.0 Å². The molecular weight excluding hydrogens is 566 g/mol. The topological polar surface area (TPSA) is 79.4 Å². The van der Waals surface area contributed by atoms with Gasteiger partial charge in [-0.2, -0.15) is 0 Å². The van der Waals surface area contributed by atoms with E-state index in [9.17, 15) is 18.0 Å². The van der Waals surface area contributed by atoms with Crippen LogP contribution >= 0.6 is 24.0 Å². The van der Waals surface area contributed by atoms with Gasteiger partial charge in [-0.05, 0) is 42.8 Å². The van der Waals surface area contributed by atoms with Crippen molar-refractivity contribution in [1.29, 1.82) is 0 Å². The van der Waals surface area contributed by atoms with Crippen LogP contribution in [0.2, 0.25) is 5.28 Å². The molecule has 7 nitrogen and oxygen atoms in total. The van der Waals surface area contributed by atoms with Crippen LogP contribution in [0.3, 0.4) is 0 Å². The number of carbonyl (C=O) groups is 1. The van der Waals surface area contributed by atoms with Gasteiger partial charge < -0.3 is 20.3 Å². The molecule has 0 unspecified atom stereocenters. The van der Waals surface area contributed by atoms with E-state index in [4.69, 9.17) is 16.3 Å². The zero-order chi connectivity index (χ0) is 28.3. The van der Waals surface area contributed by atoms with E-state index in [1.165, 1.54) is 17.0 Å². The lowest BCUT2D eigenvalue weighted by Crippen LogP contribution is -2.23. The molecule has 1 atom stereocenters. The Balaban J connectivity index is 0.00000441. The number of methoxy groups -OCH3 is 1. The van der Waals surface area contributed by atoms with Gasteiger partial charge in [-0.15, -0.1) is 12.4 Å². The highest BCUT2D eigenvalue weighted by Gasteiger charge is 2.20. The minimum absolute atomic E-state index is 0. The SMILES string of the molecule is COc1cc(Nc2ccc3nc(Cl)nc(N[C@H](C)c4cccc(C(F)F)c4F)c3c2)ccc1CC(=O)N(C)C.Cl. The first-order valence-electron chi connectivity index (χ1n) is 12.0. The number of amides is 1. The van der Waals surface area contributed by atoms with E-state index in [0.717, 1.165) is 17.3 Å². The van der Waals surface area contributed by atoms with Crippen molar-refractivity contribution in [2.24, 2.45) is 0 Å². The highest BCUT2D eigenvalue weighted by Crippen LogP contribution is 2.33. The van der Waals surface area contributed by atoms with Gasteiger partial charge in [-0.3, -0.25) is 4.79 Å². The van der Waals surface area contributed by atoms with Crippen molar-refractivity contribution in [3.63, 3.8) is 0 Å². The normalized spacial score (nSPS) is 11.6. The molecule has 0 spiro atoms. The summed E-state index contributed by atoms with van der Waals surface area (Å²) in [5, 5.41) is 6.95. The molecular formula is C28H28Cl2F3N5O2. The number of rotatable bonds is 9. The molecule has 4 rings (SSSR count). The predicted molar refractivity (Wildman–Crippen MR) is 154 cm³/mol. The van der Waals surface area contributed by atoms with Gasteiger partial charge in [0.05, 0.1) is 30.7 Å². The molecule has 212 valence electrons. The van der Waals surface area contributed by atoms with E-state index >= 15 is 0 Å². The number of nitrogens with zero attached hydrogens (tertiary/aromatic N) is 3. The largest absolute Gasteiger partial charge is 0.496 e. The second kappa shape index (κ2) is 13.1. The minimum atomic E-state index is -2.93. The maximum absolute atomic E-state index is 14.8.